The lowest BCUT2D eigenvalue weighted by Gasteiger charge is -2.50. The molecule has 4 aliphatic rings. The van der Waals surface area contributed by atoms with Gasteiger partial charge in [-0.3, -0.25) is 24.1 Å². The van der Waals surface area contributed by atoms with Gasteiger partial charge in [-0.25, -0.2) is 9.29 Å². The molecule has 3 aromatic rings. The monoisotopic (exact) mass is 662 g/mol. The number of nitrogens with zero attached hydrogens (tertiary/aromatic N) is 2. The van der Waals surface area contributed by atoms with Crippen molar-refractivity contribution in [3.8, 4) is 5.75 Å². The molecule has 7 rings (SSSR count). The van der Waals surface area contributed by atoms with Crippen LogP contribution in [0.2, 0.25) is 0 Å². The molecule has 6 atom stereocenters. The summed E-state index contributed by atoms with van der Waals surface area (Å²) < 4.78 is 13.8. The van der Waals surface area contributed by atoms with Gasteiger partial charge in [-0.2, -0.15) is 0 Å². The number of amides is 4. The first kappa shape index (κ1) is 30.6. The molecule has 46 heavy (non-hydrogen) atoms. The van der Waals surface area contributed by atoms with Gasteiger partial charge in [0.1, 0.15) is 11.6 Å². The van der Waals surface area contributed by atoms with Gasteiger partial charge in [-0.05, 0) is 84.7 Å². The van der Waals surface area contributed by atoms with Crippen LogP contribution in [0.4, 0.5) is 15.8 Å². The maximum atomic E-state index is 14.4. The van der Waals surface area contributed by atoms with Crippen LogP contribution in [0, 0.1) is 30.5 Å². The molecule has 0 radical (unpaired) electrons. The molecule has 4 amide bonds. The molecule has 2 aliphatic carbocycles. The number of imide groups is 2. The number of benzene rings is 3. The largest absolute Gasteiger partial charge is 0.508 e. The number of aryl methyl sites for hydroxylation is 1. The van der Waals surface area contributed by atoms with Gasteiger partial charge in [0.2, 0.25) is 11.8 Å². The van der Waals surface area contributed by atoms with E-state index < -0.39 is 70.0 Å². The third kappa shape index (κ3) is 4.08. The minimum absolute atomic E-state index is 0.00115. The summed E-state index contributed by atoms with van der Waals surface area (Å²) in [5.74, 6) is -6.87. The highest BCUT2D eigenvalue weighted by molar-refractivity contribution is 6.59. The second kappa shape index (κ2) is 10.5. The molecule has 9 nitrogen and oxygen atoms in total. The predicted octanol–water partition coefficient (Wildman–Crippen LogP) is 3.29. The van der Waals surface area contributed by atoms with Crippen molar-refractivity contribution in [2.45, 2.75) is 35.4 Å². The molecule has 2 aliphatic heterocycles. The van der Waals surface area contributed by atoms with E-state index in [-0.39, 0.29) is 35.4 Å². The molecule has 2 heterocycles. The van der Waals surface area contributed by atoms with E-state index in [4.69, 9.17) is 23.2 Å². The van der Waals surface area contributed by atoms with Crippen LogP contribution in [-0.4, -0.2) is 55.7 Å². The molecule has 2 saturated heterocycles. The van der Waals surface area contributed by atoms with Crippen molar-refractivity contribution < 1.29 is 38.7 Å². The highest BCUT2D eigenvalue weighted by atomic mass is 35.5. The fraction of sp³-hybridized carbons (Fsp3) is 0.273. The quantitative estimate of drug-likeness (QED) is 0.169. The second-order valence-electron chi connectivity index (χ2n) is 12.3. The van der Waals surface area contributed by atoms with Crippen molar-refractivity contribution in [1.82, 2.24) is 0 Å². The Bertz CT molecular complexity index is 1890. The average molecular weight is 663 g/mol. The fourth-order valence-corrected chi connectivity index (χ4v) is 8.64. The number of carbonyl (C=O) groups is 4. The average Bonchev–Trinajstić information content (AvgIpc) is 3.37. The van der Waals surface area contributed by atoms with Crippen LogP contribution < -0.4 is 15.3 Å². The lowest BCUT2D eigenvalue weighted by molar-refractivity contribution is -0.125. The number of hydrogen-bond donors (Lipinski definition) is 3. The van der Waals surface area contributed by atoms with Gasteiger partial charge in [0.15, 0.2) is 9.75 Å². The van der Waals surface area contributed by atoms with Gasteiger partial charge in [0, 0.05) is 5.92 Å². The Morgan fingerprint density at radius 2 is 1.59 bits per heavy atom. The summed E-state index contributed by atoms with van der Waals surface area (Å²) >= 11 is 14.7. The van der Waals surface area contributed by atoms with Crippen LogP contribution >= 0.6 is 23.2 Å². The number of alkyl halides is 2. The number of aromatic hydroxyl groups is 1. The standard InChI is InChI=1S/C33H26BCl2FN2O7/c1-16-13-17(5-12-25(16)40)27-22-10-11-23-26(29(42)38(28(23)41)21-4-2-3-18(14-21)34(45)46)24(22)15-32(35)30(43)39(31(44)33(27,32)36)20-8-6-19(37)7-9-20/h2-10,12-14,23-24,26-27,40,45-46H,11,15H2,1H3. The fourth-order valence-electron chi connectivity index (χ4n) is 7.71. The van der Waals surface area contributed by atoms with Gasteiger partial charge in [-0.1, -0.05) is 35.9 Å². The van der Waals surface area contributed by atoms with Gasteiger partial charge >= 0.3 is 7.12 Å². The Morgan fingerprint density at radius 1 is 0.870 bits per heavy atom. The molecule has 1 saturated carbocycles. The smallest absolute Gasteiger partial charge is 0.488 e. The van der Waals surface area contributed by atoms with Crippen LogP contribution in [0.5, 0.6) is 5.75 Å². The molecule has 3 aromatic carbocycles. The molecule has 3 fully saturated rings. The number of halogens is 3. The van der Waals surface area contributed by atoms with E-state index in [1.807, 2.05) is 0 Å². The topological polar surface area (TPSA) is 135 Å². The Balaban J connectivity index is 1.38. The highest BCUT2D eigenvalue weighted by Crippen LogP contribution is 2.66. The summed E-state index contributed by atoms with van der Waals surface area (Å²) in [5, 5.41) is 29.7. The number of phenols is 1. The first-order valence-corrected chi connectivity index (χ1v) is 15.4. The van der Waals surface area contributed by atoms with Crippen molar-refractivity contribution in [2.24, 2.45) is 17.8 Å². The van der Waals surface area contributed by atoms with Crippen LogP contribution in [0.25, 0.3) is 0 Å². The lowest BCUT2D eigenvalue weighted by Crippen LogP contribution is -2.60. The van der Waals surface area contributed by atoms with E-state index in [2.05, 4.69) is 0 Å². The van der Waals surface area contributed by atoms with Crippen molar-refractivity contribution in [2.75, 3.05) is 9.80 Å². The van der Waals surface area contributed by atoms with Crippen molar-refractivity contribution in [3.63, 3.8) is 0 Å². The maximum absolute atomic E-state index is 14.4. The molecule has 234 valence electrons. The number of phenolic OH excluding ortho intramolecular Hbond substituents is 1. The maximum Gasteiger partial charge on any atom is 0.488 e. The van der Waals surface area contributed by atoms with Crippen LogP contribution in [0.1, 0.15) is 29.9 Å². The number of fused-ring (bicyclic) bond motifs is 4. The summed E-state index contributed by atoms with van der Waals surface area (Å²) in [5.41, 5.74) is 1.86. The van der Waals surface area contributed by atoms with E-state index in [9.17, 15) is 38.7 Å². The first-order chi connectivity index (χ1) is 21.8. The van der Waals surface area contributed by atoms with Crippen molar-refractivity contribution in [1.29, 1.82) is 0 Å². The SMILES string of the molecule is Cc1cc(C2C3=CCC4C(=O)N(c5cccc(B(O)O)c5)C(=O)C4C3CC3(Cl)C(=O)N(c4ccc(F)cc4)C(=O)C23Cl)ccc1O. The zero-order valence-electron chi connectivity index (χ0n) is 24.2. The summed E-state index contributed by atoms with van der Waals surface area (Å²) in [4.78, 5) is 54.4. The summed E-state index contributed by atoms with van der Waals surface area (Å²) in [6.45, 7) is 1.67. The van der Waals surface area contributed by atoms with E-state index in [0.29, 0.717) is 16.7 Å². The normalized spacial score (nSPS) is 30.3. The molecule has 13 heteroatoms. The molecule has 0 spiro atoms. The highest BCUT2D eigenvalue weighted by Gasteiger charge is 2.76. The molecular weight excluding hydrogens is 637 g/mol. The number of carbonyl (C=O) groups excluding carboxylic acids is 4. The third-order valence-electron chi connectivity index (χ3n) is 9.88. The Labute approximate surface area is 273 Å². The van der Waals surface area contributed by atoms with Crippen molar-refractivity contribution >= 4 is 70.8 Å². The Hall–Kier alpha value is -4.03. The Kier molecular flexibility index (Phi) is 6.99. The van der Waals surface area contributed by atoms with E-state index >= 15 is 0 Å². The van der Waals surface area contributed by atoms with Gasteiger partial charge in [0.05, 0.1) is 23.2 Å². The number of allylic oxidation sites excluding steroid dienone is 2. The minimum Gasteiger partial charge on any atom is -0.508 e. The number of anilines is 2. The molecule has 0 aromatic heterocycles. The number of rotatable bonds is 4. The summed E-state index contributed by atoms with van der Waals surface area (Å²) in [7, 11) is -1.82. The number of hydrogen-bond acceptors (Lipinski definition) is 7. The molecule has 6 unspecified atom stereocenters. The van der Waals surface area contributed by atoms with E-state index in [0.717, 1.165) is 21.9 Å². The van der Waals surface area contributed by atoms with Gasteiger partial charge in [-0.15, -0.1) is 23.2 Å². The summed E-state index contributed by atoms with van der Waals surface area (Å²) in [6.07, 6.45) is 1.68. The minimum atomic E-state index is -2.09. The Morgan fingerprint density at radius 3 is 2.26 bits per heavy atom. The van der Waals surface area contributed by atoms with Gasteiger partial charge in [0.25, 0.3) is 11.8 Å². The first-order valence-electron chi connectivity index (χ1n) is 14.7. The zero-order chi connectivity index (χ0) is 32.9. The molecule has 0 bridgehead atoms. The van der Waals surface area contributed by atoms with Gasteiger partial charge < -0.3 is 15.2 Å². The molecule has 3 N–H and O–H groups in total. The molecular formula is C33H26BCl2FN2O7. The third-order valence-corrected chi connectivity index (χ3v) is 11.3. The zero-order valence-corrected chi connectivity index (χ0v) is 25.7. The van der Waals surface area contributed by atoms with Crippen LogP contribution in [-0.2, 0) is 19.2 Å². The van der Waals surface area contributed by atoms with Crippen molar-refractivity contribution in [3.05, 3.63) is 95.3 Å². The predicted molar refractivity (Wildman–Crippen MR) is 168 cm³/mol. The van der Waals surface area contributed by atoms with Crippen LogP contribution in [0.3, 0.4) is 0 Å². The van der Waals surface area contributed by atoms with E-state index in [1.54, 1.807) is 25.1 Å². The second-order valence-corrected chi connectivity index (χ2v) is 13.5. The van der Waals surface area contributed by atoms with E-state index in [1.165, 1.54) is 42.5 Å². The summed E-state index contributed by atoms with van der Waals surface area (Å²) in [6, 6.07) is 15.3. The van der Waals surface area contributed by atoms with Crippen LogP contribution in [0.15, 0.2) is 78.4 Å². The lowest BCUT2D eigenvalue weighted by atomic mass is 9.56.